The van der Waals surface area contributed by atoms with E-state index in [4.69, 9.17) is 0 Å². The van der Waals surface area contributed by atoms with Crippen molar-refractivity contribution in [2.75, 3.05) is 0 Å². The molecule has 0 fully saturated rings. The summed E-state index contributed by atoms with van der Waals surface area (Å²) in [6, 6.07) is 16.4. The minimum absolute atomic E-state index is 0.118. The molecule has 0 N–H and O–H groups in total. The maximum Gasteiger partial charge on any atom is 0.161 e. The van der Waals surface area contributed by atoms with Crippen LogP contribution in [0.15, 0.2) is 54.7 Å². The molecule has 1 heterocycles. The highest BCUT2D eigenvalue weighted by atomic mass is 16.1. The Labute approximate surface area is 118 Å². The van der Waals surface area contributed by atoms with Gasteiger partial charge in [-0.25, -0.2) is 0 Å². The Morgan fingerprint density at radius 3 is 2.50 bits per heavy atom. The van der Waals surface area contributed by atoms with E-state index in [9.17, 15) is 4.79 Å². The van der Waals surface area contributed by atoms with Crippen molar-refractivity contribution in [3.63, 3.8) is 0 Å². The summed E-state index contributed by atoms with van der Waals surface area (Å²) < 4.78 is 2.18. The molecule has 0 spiro atoms. The van der Waals surface area contributed by atoms with E-state index < -0.39 is 0 Å². The maximum absolute atomic E-state index is 11.8. The molecule has 0 saturated heterocycles. The first-order valence-electron chi connectivity index (χ1n) is 6.80. The van der Waals surface area contributed by atoms with Gasteiger partial charge in [-0.1, -0.05) is 48.5 Å². The van der Waals surface area contributed by atoms with Gasteiger partial charge in [0.05, 0.1) is 5.52 Å². The number of rotatable bonds is 3. The molecule has 0 bridgehead atoms. The lowest BCUT2D eigenvalue weighted by Gasteiger charge is -2.07. The summed E-state index contributed by atoms with van der Waals surface area (Å²) in [5.74, 6) is 0.118. The van der Waals surface area contributed by atoms with E-state index in [-0.39, 0.29) is 5.78 Å². The first kappa shape index (κ1) is 12.7. The molecule has 0 amide bonds. The van der Waals surface area contributed by atoms with Gasteiger partial charge in [-0.3, -0.25) is 4.79 Å². The molecule has 2 nitrogen and oxygen atoms in total. The van der Waals surface area contributed by atoms with Crippen LogP contribution in [0, 0.1) is 6.92 Å². The van der Waals surface area contributed by atoms with Gasteiger partial charge in [-0.2, -0.15) is 0 Å². The van der Waals surface area contributed by atoms with Gasteiger partial charge in [0.15, 0.2) is 5.78 Å². The van der Waals surface area contributed by atoms with Crippen molar-refractivity contribution >= 4 is 16.7 Å². The third kappa shape index (κ3) is 2.14. The fourth-order valence-corrected chi connectivity index (χ4v) is 2.73. The number of carbonyl (C=O) groups is 1. The monoisotopic (exact) mass is 263 g/mol. The Morgan fingerprint density at radius 1 is 1.05 bits per heavy atom. The van der Waals surface area contributed by atoms with Crippen molar-refractivity contribution in [2.24, 2.45) is 0 Å². The normalized spacial score (nSPS) is 10.9. The molecule has 0 aliphatic rings. The number of fused-ring (bicyclic) bond motifs is 1. The molecule has 0 aliphatic heterocycles. The molecule has 0 unspecified atom stereocenters. The number of carbonyl (C=O) groups excluding carboxylic acids is 1. The number of ketones is 1. The minimum Gasteiger partial charge on any atom is -0.342 e. The van der Waals surface area contributed by atoms with Gasteiger partial charge in [0.25, 0.3) is 0 Å². The van der Waals surface area contributed by atoms with E-state index in [1.807, 2.05) is 36.5 Å². The van der Waals surface area contributed by atoms with Gasteiger partial charge in [0.1, 0.15) is 0 Å². The van der Waals surface area contributed by atoms with Crippen molar-refractivity contribution in [2.45, 2.75) is 20.4 Å². The van der Waals surface area contributed by atoms with E-state index in [1.165, 1.54) is 11.1 Å². The Kier molecular flexibility index (Phi) is 3.15. The average molecular weight is 263 g/mol. The summed E-state index contributed by atoms with van der Waals surface area (Å²) in [5, 5.41) is 1.05. The lowest BCUT2D eigenvalue weighted by molar-refractivity contribution is 0.101. The summed E-state index contributed by atoms with van der Waals surface area (Å²) in [5.41, 5.74) is 4.40. The number of aryl methyl sites for hydroxylation is 1. The molecule has 0 radical (unpaired) electrons. The van der Waals surface area contributed by atoms with Crippen LogP contribution in [0.4, 0.5) is 0 Å². The number of hydrogen-bond donors (Lipinski definition) is 0. The van der Waals surface area contributed by atoms with Crippen LogP contribution in [0.5, 0.6) is 0 Å². The van der Waals surface area contributed by atoms with Crippen molar-refractivity contribution in [3.05, 3.63) is 71.4 Å². The van der Waals surface area contributed by atoms with Crippen LogP contribution in [0.25, 0.3) is 10.9 Å². The summed E-state index contributed by atoms with van der Waals surface area (Å²) >= 11 is 0. The van der Waals surface area contributed by atoms with Crippen LogP contribution >= 0.6 is 0 Å². The fraction of sp³-hybridized carbons (Fsp3) is 0.167. The molecular weight excluding hydrogens is 246 g/mol. The van der Waals surface area contributed by atoms with Crippen LogP contribution in [0.1, 0.15) is 28.4 Å². The number of benzene rings is 2. The smallest absolute Gasteiger partial charge is 0.161 e. The standard InChI is InChI=1S/C18H17NO/c1-13-7-6-10-16-17(14(2)20)12-19(18(13)16)11-15-8-4-3-5-9-15/h3-10,12H,11H2,1-2H3. The van der Waals surface area contributed by atoms with Crippen LogP contribution in [0.2, 0.25) is 0 Å². The zero-order valence-corrected chi connectivity index (χ0v) is 11.8. The molecule has 0 atom stereocenters. The largest absolute Gasteiger partial charge is 0.342 e. The highest BCUT2D eigenvalue weighted by Crippen LogP contribution is 2.25. The summed E-state index contributed by atoms with van der Waals surface area (Å²) in [6.07, 6.45) is 1.98. The fourth-order valence-electron chi connectivity index (χ4n) is 2.73. The predicted octanol–water partition coefficient (Wildman–Crippen LogP) is 4.20. The van der Waals surface area contributed by atoms with Crippen LogP contribution in [-0.4, -0.2) is 10.4 Å². The van der Waals surface area contributed by atoms with E-state index in [0.717, 1.165) is 23.0 Å². The van der Waals surface area contributed by atoms with Gasteiger partial charge < -0.3 is 4.57 Å². The molecule has 20 heavy (non-hydrogen) atoms. The van der Waals surface area contributed by atoms with Crippen molar-refractivity contribution in [1.82, 2.24) is 4.57 Å². The number of nitrogens with zero attached hydrogens (tertiary/aromatic N) is 1. The first-order chi connectivity index (χ1) is 9.66. The van der Waals surface area contributed by atoms with Crippen LogP contribution in [-0.2, 0) is 6.54 Å². The molecule has 0 aliphatic carbocycles. The van der Waals surface area contributed by atoms with E-state index in [2.05, 4.69) is 29.7 Å². The van der Waals surface area contributed by atoms with Crippen LogP contribution < -0.4 is 0 Å². The van der Waals surface area contributed by atoms with Crippen molar-refractivity contribution in [3.8, 4) is 0 Å². The predicted molar refractivity (Wildman–Crippen MR) is 82.2 cm³/mol. The summed E-state index contributed by atoms with van der Waals surface area (Å²) in [4.78, 5) is 11.8. The lowest BCUT2D eigenvalue weighted by Crippen LogP contribution is -1.99. The SMILES string of the molecule is CC(=O)c1cn(Cc2ccccc2)c2c(C)cccc12. The van der Waals surface area contributed by atoms with Crippen LogP contribution in [0.3, 0.4) is 0 Å². The maximum atomic E-state index is 11.8. The van der Waals surface area contributed by atoms with Gasteiger partial charge in [0.2, 0.25) is 0 Å². The van der Waals surface area contributed by atoms with Gasteiger partial charge in [-0.05, 0) is 25.0 Å². The second-order valence-electron chi connectivity index (χ2n) is 5.18. The van der Waals surface area contributed by atoms with Gasteiger partial charge in [-0.15, -0.1) is 0 Å². The minimum atomic E-state index is 0.118. The highest BCUT2D eigenvalue weighted by molar-refractivity contribution is 6.07. The molecule has 2 aromatic carbocycles. The Morgan fingerprint density at radius 2 is 1.80 bits per heavy atom. The third-order valence-corrected chi connectivity index (χ3v) is 3.68. The quantitative estimate of drug-likeness (QED) is 0.649. The topological polar surface area (TPSA) is 22.0 Å². The zero-order valence-electron chi connectivity index (χ0n) is 11.8. The average Bonchev–Trinajstić information content (AvgIpc) is 2.80. The third-order valence-electron chi connectivity index (χ3n) is 3.68. The van der Waals surface area contributed by atoms with E-state index in [0.29, 0.717) is 0 Å². The summed E-state index contributed by atoms with van der Waals surface area (Å²) in [7, 11) is 0. The number of para-hydroxylation sites is 1. The van der Waals surface area contributed by atoms with Gasteiger partial charge in [0, 0.05) is 23.7 Å². The molecule has 3 aromatic rings. The summed E-state index contributed by atoms with van der Waals surface area (Å²) in [6.45, 7) is 4.51. The van der Waals surface area contributed by atoms with E-state index in [1.54, 1.807) is 6.92 Å². The molecule has 0 saturated carbocycles. The second-order valence-corrected chi connectivity index (χ2v) is 5.18. The molecule has 2 heteroatoms. The first-order valence-corrected chi connectivity index (χ1v) is 6.80. The molecule has 1 aromatic heterocycles. The number of Topliss-reactive ketones (excluding diaryl/α,β-unsaturated/α-hetero) is 1. The lowest BCUT2D eigenvalue weighted by atomic mass is 10.1. The number of hydrogen-bond acceptors (Lipinski definition) is 1. The van der Waals surface area contributed by atoms with Crippen molar-refractivity contribution < 1.29 is 4.79 Å². The Bertz CT molecular complexity index is 769. The molecule has 100 valence electrons. The second kappa shape index (κ2) is 4.97. The van der Waals surface area contributed by atoms with Crippen molar-refractivity contribution in [1.29, 1.82) is 0 Å². The number of aromatic nitrogens is 1. The highest BCUT2D eigenvalue weighted by Gasteiger charge is 2.13. The molecule has 3 rings (SSSR count). The zero-order chi connectivity index (χ0) is 14.1. The van der Waals surface area contributed by atoms with E-state index >= 15 is 0 Å². The Hall–Kier alpha value is -2.35. The molecular formula is C18H17NO. The Balaban J connectivity index is 2.18. The van der Waals surface area contributed by atoms with Gasteiger partial charge >= 0.3 is 0 Å².